The number of aromatic nitrogens is 3. The third kappa shape index (κ3) is 8.29. The monoisotopic (exact) mass is 806 g/mol. The molecule has 6 amide bonds. The zero-order chi connectivity index (χ0) is 42.0. The van der Waals surface area contributed by atoms with E-state index in [9.17, 15) is 38.7 Å². The summed E-state index contributed by atoms with van der Waals surface area (Å²) < 4.78 is 24.6. The fraction of sp³-hybridized carbons (Fsp3) is 0.268. The van der Waals surface area contributed by atoms with Crippen molar-refractivity contribution in [2.24, 2.45) is 7.05 Å². The van der Waals surface area contributed by atoms with E-state index in [1.807, 2.05) is 0 Å². The number of rotatable bonds is 15. The van der Waals surface area contributed by atoms with Crippen LogP contribution in [0.4, 0.5) is 15.8 Å². The SMILES string of the molecule is CC(=O)c1cc(C(=O)Nc2cc(CO)cc(-c3cnn(C)c3)c2F)c2cc(OCCCC(=O)NCCNc3ccc4c(c3)C(=O)N(C3CCC(=O)NC3=O)C4=O)ccn12. The predicted molar refractivity (Wildman–Crippen MR) is 209 cm³/mol. The molecule has 0 saturated carbocycles. The summed E-state index contributed by atoms with van der Waals surface area (Å²) in [4.78, 5) is 89.4. The molecule has 5 N–H and O–H groups in total. The minimum absolute atomic E-state index is 0.0252. The third-order valence-electron chi connectivity index (χ3n) is 9.96. The highest BCUT2D eigenvalue weighted by atomic mass is 19.1. The average molecular weight is 807 g/mol. The van der Waals surface area contributed by atoms with Gasteiger partial charge < -0.3 is 30.2 Å². The number of nitrogens with zero attached hydrogens (tertiary/aromatic N) is 4. The van der Waals surface area contributed by atoms with Crippen LogP contribution in [0.15, 0.2) is 67.1 Å². The summed E-state index contributed by atoms with van der Waals surface area (Å²) in [5.41, 5.74) is 2.26. The number of pyridine rings is 1. The predicted octanol–water partition coefficient (Wildman–Crippen LogP) is 3.21. The number of ether oxygens (including phenoxy) is 1. The maximum atomic E-state index is 15.7. The van der Waals surface area contributed by atoms with E-state index >= 15 is 4.39 Å². The lowest BCUT2D eigenvalue weighted by atomic mass is 10.0. The van der Waals surface area contributed by atoms with Gasteiger partial charge in [0.25, 0.3) is 17.7 Å². The minimum Gasteiger partial charge on any atom is -0.493 e. The topological polar surface area (TPSA) is 223 Å². The maximum absolute atomic E-state index is 15.7. The van der Waals surface area contributed by atoms with E-state index in [0.717, 1.165) is 4.90 Å². The summed E-state index contributed by atoms with van der Waals surface area (Å²) in [6, 6.07) is 11.0. The number of amides is 6. The molecule has 0 bridgehead atoms. The molecule has 304 valence electrons. The quantitative estimate of drug-likeness (QED) is 0.0587. The number of carbonyl (C=O) groups is 7. The highest BCUT2D eigenvalue weighted by Crippen LogP contribution is 2.32. The Kier molecular flexibility index (Phi) is 11.3. The van der Waals surface area contributed by atoms with Gasteiger partial charge in [-0.3, -0.25) is 48.5 Å². The van der Waals surface area contributed by atoms with Crippen LogP contribution in [-0.4, -0.2) is 91.2 Å². The van der Waals surface area contributed by atoms with Crippen LogP contribution in [-0.2, 0) is 28.0 Å². The van der Waals surface area contributed by atoms with E-state index < -0.39 is 48.0 Å². The molecule has 59 heavy (non-hydrogen) atoms. The van der Waals surface area contributed by atoms with Crippen LogP contribution in [0.1, 0.15) is 79.7 Å². The van der Waals surface area contributed by atoms with Gasteiger partial charge in [-0.05, 0) is 60.9 Å². The summed E-state index contributed by atoms with van der Waals surface area (Å²) in [5.74, 6) is -3.94. The molecule has 5 aromatic rings. The summed E-state index contributed by atoms with van der Waals surface area (Å²) in [7, 11) is 1.68. The zero-order valence-corrected chi connectivity index (χ0v) is 32.0. The van der Waals surface area contributed by atoms with Crippen molar-refractivity contribution in [1.82, 2.24) is 29.7 Å². The highest BCUT2D eigenvalue weighted by molar-refractivity contribution is 6.23. The lowest BCUT2D eigenvalue weighted by molar-refractivity contribution is -0.136. The number of hydrogen-bond acceptors (Lipinski definition) is 11. The molecule has 0 radical (unpaired) electrons. The Labute approximate surface area is 335 Å². The molecule has 1 atom stereocenters. The lowest BCUT2D eigenvalue weighted by Gasteiger charge is -2.27. The van der Waals surface area contributed by atoms with Crippen LogP contribution in [0, 0.1) is 5.82 Å². The number of ketones is 1. The largest absolute Gasteiger partial charge is 0.493 e. The number of fused-ring (bicyclic) bond motifs is 2. The summed E-state index contributed by atoms with van der Waals surface area (Å²) >= 11 is 0. The molecular weight excluding hydrogens is 767 g/mol. The molecule has 5 heterocycles. The Bertz CT molecular complexity index is 2560. The van der Waals surface area contributed by atoms with Crippen LogP contribution in [0.3, 0.4) is 0 Å². The molecule has 18 heteroatoms. The molecule has 7 rings (SSSR count). The molecule has 17 nitrogen and oxygen atoms in total. The molecule has 2 aliphatic rings. The highest BCUT2D eigenvalue weighted by Gasteiger charge is 2.44. The van der Waals surface area contributed by atoms with E-state index in [0.29, 0.717) is 41.0 Å². The van der Waals surface area contributed by atoms with E-state index in [1.54, 1.807) is 37.6 Å². The number of imide groups is 2. The van der Waals surface area contributed by atoms with Crippen LogP contribution >= 0.6 is 0 Å². The van der Waals surface area contributed by atoms with Gasteiger partial charge >= 0.3 is 0 Å². The first-order chi connectivity index (χ1) is 28.3. The van der Waals surface area contributed by atoms with Gasteiger partial charge in [0.05, 0.1) is 53.0 Å². The molecule has 0 spiro atoms. The fourth-order valence-electron chi connectivity index (χ4n) is 7.05. The fourth-order valence-corrected chi connectivity index (χ4v) is 7.05. The van der Waals surface area contributed by atoms with Crippen LogP contribution in [0.5, 0.6) is 5.75 Å². The van der Waals surface area contributed by atoms with Crippen LogP contribution in [0.2, 0.25) is 0 Å². The Hall–Kier alpha value is -7.21. The number of anilines is 2. The van der Waals surface area contributed by atoms with Crippen molar-refractivity contribution in [1.29, 1.82) is 0 Å². The molecular formula is C41H39FN8O9. The number of Topliss-reactive ketones (excluding diaryl/α,β-unsaturated/α-hetero) is 1. The Morgan fingerprint density at radius 1 is 1.00 bits per heavy atom. The number of carbonyl (C=O) groups excluding carboxylic acids is 7. The number of aryl methyl sites for hydroxylation is 1. The number of piperidine rings is 1. The van der Waals surface area contributed by atoms with Gasteiger partial charge in [-0.25, -0.2) is 4.39 Å². The maximum Gasteiger partial charge on any atom is 0.262 e. The second-order valence-electron chi connectivity index (χ2n) is 14.1. The molecule has 0 aliphatic carbocycles. The second-order valence-corrected chi connectivity index (χ2v) is 14.1. The standard InChI is InChI=1S/C41H39FN8O9/c1-22(52)33-18-30(38(55)46-31-15-23(21-51)14-28(37(31)42)24-19-45-48(2)20-24)34-17-26(9-12-49(33)34)59-13-3-4-35(53)44-11-10-43-25-5-6-27-29(16-25)41(58)50(40(27)57)32-7-8-36(54)47-39(32)56/h5-6,9,12,14-20,32,43,51H,3-4,7-8,10-11,13,21H2,1-2H3,(H,44,53)(H,46,55)(H,47,54,56). The van der Waals surface area contributed by atoms with Gasteiger partial charge in [-0.15, -0.1) is 0 Å². The normalized spacial score (nSPS) is 15.0. The molecule has 2 aromatic carbocycles. The lowest BCUT2D eigenvalue weighted by Crippen LogP contribution is -2.54. The van der Waals surface area contributed by atoms with Crippen molar-refractivity contribution in [2.75, 3.05) is 30.3 Å². The number of aliphatic hydroxyl groups is 1. The van der Waals surface area contributed by atoms with Gasteiger partial charge in [0.2, 0.25) is 17.7 Å². The third-order valence-corrected chi connectivity index (χ3v) is 9.96. The van der Waals surface area contributed by atoms with Gasteiger partial charge in [-0.2, -0.15) is 5.10 Å². The number of halogens is 1. The van der Waals surface area contributed by atoms with Crippen molar-refractivity contribution in [3.05, 3.63) is 101 Å². The second kappa shape index (κ2) is 16.7. The van der Waals surface area contributed by atoms with E-state index in [4.69, 9.17) is 4.74 Å². The van der Waals surface area contributed by atoms with Crippen molar-refractivity contribution >= 4 is 58.1 Å². The first-order valence-electron chi connectivity index (χ1n) is 18.7. The van der Waals surface area contributed by atoms with Gasteiger partial charge in [-0.1, -0.05) is 0 Å². The number of hydrogen-bond donors (Lipinski definition) is 5. The van der Waals surface area contributed by atoms with Crippen LogP contribution in [0.25, 0.3) is 16.6 Å². The van der Waals surface area contributed by atoms with E-state index in [-0.39, 0.29) is 77.7 Å². The number of aliphatic hydroxyl groups excluding tert-OH is 1. The zero-order valence-electron chi connectivity index (χ0n) is 32.0. The van der Waals surface area contributed by atoms with Gasteiger partial charge in [0.1, 0.15) is 11.8 Å². The van der Waals surface area contributed by atoms with Crippen molar-refractivity contribution in [3.8, 4) is 16.9 Å². The molecule has 1 fully saturated rings. The summed E-state index contributed by atoms with van der Waals surface area (Å²) in [6.07, 6.45) is 5.23. The molecule has 2 aliphatic heterocycles. The first kappa shape index (κ1) is 40.0. The van der Waals surface area contributed by atoms with E-state index in [2.05, 4.69) is 26.4 Å². The first-order valence-corrected chi connectivity index (χ1v) is 18.7. The number of nitrogens with one attached hydrogen (secondary N) is 4. The van der Waals surface area contributed by atoms with E-state index in [1.165, 1.54) is 52.5 Å². The number of benzene rings is 2. The minimum atomic E-state index is -1.06. The van der Waals surface area contributed by atoms with Gasteiger partial charge in [0, 0.05) is 75.2 Å². The average Bonchev–Trinajstić information content (AvgIpc) is 3.89. The summed E-state index contributed by atoms with van der Waals surface area (Å²) in [5, 5.41) is 24.6. The molecule has 1 unspecified atom stereocenters. The van der Waals surface area contributed by atoms with Gasteiger partial charge in [0.15, 0.2) is 11.6 Å². The Morgan fingerprint density at radius 2 is 1.80 bits per heavy atom. The van der Waals surface area contributed by atoms with Crippen molar-refractivity contribution in [3.63, 3.8) is 0 Å². The molecule has 3 aromatic heterocycles. The smallest absolute Gasteiger partial charge is 0.262 e. The Balaban J connectivity index is 0.912. The van der Waals surface area contributed by atoms with Crippen molar-refractivity contribution in [2.45, 2.75) is 45.3 Å². The van der Waals surface area contributed by atoms with Crippen LogP contribution < -0.4 is 26.0 Å². The summed E-state index contributed by atoms with van der Waals surface area (Å²) in [6.45, 7) is 1.66. The Morgan fingerprint density at radius 3 is 2.53 bits per heavy atom. The van der Waals surface area contributed by atoms with Crippen molar-refractivity contribution < 1.29 is 47.8 Å². The molecule has 1 saturated heterocycles.